The molecule has 2 heteroatoms. The van der Waals surface area contributed by atoms with Gasteiger partial charge in [0.15, 0.2) is 0 Å². The molecule has 1 unspecified atom stereocenters. The molecule has 0 saturated carbocycles. The molecule has 0 aliphatic rings. The van der Waals surface area contributed by atoms with Gasteiger partial charge in [-0.15, -0.1) is 0 Å². The molecular formula is C18H22FN. The fourth-order valence-corrected chi connectivity index (χ4v) is 2.57. The molecule has 0 radical (unpaired) electrons. The van der Waals surface area contributed by atoms with Crippen LogP contribution in [0, 0.1) is 5.82 Å². The van der Waals surface area contributed by atoms with E-state index in [9.17, 15) is 4.39 Å². The van der Waals surface area contributed by atoms with Crippen LogP contribution in [0.4, 0.5) is 4.39 Å². The molecule has 106 valence electrons. The van der Waals surface area contributed by atoms with E-state index >= 15 is 0 Å². The van der Waals surface area contributed by atoms with Crippen molar-refractivity contribution >= 4 is 0 Å². The summed E-state index contributed by atoms with van der Waals surface area (Å²) in [4.78, 5) is 0. The molecule has 2 rings (SSSR count). The van der Waals surface area contributed by atoms with Crippen molar-refractivity contribution in [2.75, 3.05) is 6.54 Å². The van der Waals surface area contributed by atoms with Crippen LogP contribution in [0.15, 0.2) is 48.5 Å². The SMILES string of the molecule is CCc1ccc(CC(C)(CN)c2ccccc2F)cc1. The van der Waals surface area contributed by atoms with Crippen LogP contribution in [0.1, 0.15) is 30.5 Å². The Balaban J connectivity index is 2.29. The summed E-state index contributed by atoms with van der Waals surface area (Å²) >= 11 is 0. The molecule has 2 aromatic rings. The minimum Gasteiger partial charge on any atom is -0.330 e. The molecule has 0 spiro atoms. The van der Waals surface area contributed by atoms with Crippen molar-refractivity contribution < 1.29 is 4.39 Å². The van der Waals surface area contributed by atoms with Gasteiger partial charge in [0.05, 0.1) is 0 Å². The summed E-state index contributed by atoms with van der Waals surface area (Å²) in [5, 5.41) is 0. The highest BCUT2D eigenvalue weighted by molar-refractivity contribution is 5.31. The molecule has 0 aliphatic carbocycles. The van der Waals surface area contributed by atoms with Crippen molar-refractivity contribution in [2.45, 2.75) is 32.1 Å². The maximum absolute atomic E-state index is 14.0. The molecular weight excluding hydrogens is 249 g/mol. The Morgan fingerprint density at radius 3 is 2.15 bits per heavy atom. The first-order valence-electron chi connectivity index (χ1n) is 7.12. The summed E-state index contributed by atoms with van der Waals surface area (Å²) in [5.74, 6) is -0.175. The zero-order chi connectivity index (χ0) is 14.6. The molecule has 1 nitrogen and oxygen atoms in total. The van der Waals surface area contributed by atoms with Crippen molar-refractivity contribution in [2.24, 2.45) is 5.73 Å². The van der Waals surface area contributed by atoms with Crippen LogP contribution in [0.25, 0.3) is 0 Å². The largest absolute Gasteiger partial charge is 0.330 e. The highest BCUT2D eigenvalue weighted by Crippen LogP contribution is 2.29. The normalized spacial score (nSPS) is 14.0. The third-order valence-electron chi connectivity index (χ3n) is 4.00. The predicted octanol–water partition coefficient (Wildman–Crippen LogP) is 3.85. The Hall–Kier alpha value is -1.67. The van der Waals surface area contributed by atoms with Crippen LogP contribution >= 0.6 is 0 Å². The van der Waals surface area contributed by atoms with Gasteiger partial charge in [-0.25, -0.2) is 4.39 Å². The smallest absolute Gasteiger partial charge is 0.127 e. The Bertz CT molecular complexity index is 562. The fourth-order valence-electron chi connectivity index (χ4n) is 2.57. The summed E-state index contributed by atoms with van der Waals surface area (Å²) < 4.78 is 14.0. The quantitative estimate of drug-likeness (QED) is 0.878. The van der Waals surface area contributed by atoms with E-state index in [-0.39, 0.29) is 11.2 Å². The van der Waals surface area contributed by atoms with Crippen molar-refractivity contribution in [1.29, 1.82) is 0 Å². The second-order valence-electron chi connectivity index (χ2n) is 5.59. The van der Waals surface area contributed by atoms with Gasteiger partial charge in [0.1, 0.15) is 5.82 Å². The third kappa shape index (κ3) is 3.07. The third-order valence-corrected chi connectivity index (χ3v) is 4.00. The van der Waals surface area contributed by atoms with E-state index in [0.29, 0.717) is 12.1 Å². The van der Waals surface area contributed by atoms with Gasteiger partial charge in [-0.3, -0.25) is 0 Å². The number of benzene rings is 2. The van der Waals surface area contributed by atoms with Gasteiger partial charge < -0.3 is 5.73 Å². The first-order chi connectivity index (χ1) is 9.59. The lowest BCUT2D eigenvalue weighted by Crippen LogP contribution is -2.35. The van der Waals surface area contributed by atoms with Gasteiger partial charge in [-0.2, -0.15) is 0 Å². The van der Waals surface area contributed by atoms with Crippen molar-refractivity contribution in [1.82, 2.24) is 0 Å². The van der Waals surface area contributed by atoms with E-state index in [2.05, 4.69) is 31.2 Å². The van der Waals surface area contributed by atoms with Crippen LogP contribution in [-0.4, -0.2) is 6.54 Å². The summed E-state index contributed by atoms with van der Waals surface area (Å²) in [6.07, 6.45) is 1.77. The molecule has 0 fully saturated rings. The molecule has 0 heterocycles. The van der Waals surface area contributed by atoms with Gasteiger partial charge >= 0.3 is 0 Å². The highest BCUT2D eigenvalue weighted by Gasteiger charge is 2.28. The van der Waals surface area contributed by atoms with Crippen LogP contribution in [0.3, 0.4) is 0 Å². The van der Waals surface area contributed by atoms with E-state index in [0.717, 1.165) is 12.8 Å². The lowest BCUT2D eigenvalue weighted by molar-refractivity contribution is 0.450. The lowest BCUT2D eigenvalue weighted by Gasteiger charge is -2.29. The summed E-state index contributed by atoms with van der Waals surface area (Å²) in [7, 11) is 0. The zero-order valence-corrected chi connectivity index (χ0v) is 12.2. The minimum atomic E-state index is -0.376. The topological polar surface area (TPSA) is 26.0 Å². The van der Waals surface area contributed by atoms with E-state index in [1.807, 2.05) is 19.1 Å². The van der Waals surface area contributed by atoms with Crippen molar-refractivity contribution in [3.8, 4) is 0 Å². The number of hydrogen-bond acceptors (Lipinski definition) is 1. The molecule has 1 atom stereocenters. The molecule has 20 heavy (non-hydrogen) atoms. The van der Waals surface area contributed by atoms with Crippen molar-refractivity contribution in [3.63, 3.8) is 0 Å². The fraction of sp³-hybridized carbons (Fsp3) is 0.333. The Labute approximate surface area is 120 Å². The maximum Gasteiger partial charge on any atom is 0.127 e. The second kappa shape index (κ2) is 6.19. The van der Waals surface area contributed by atoms with Gasteiger partial charge in [0.2, 0.25) is 0 Å². The summed E-state index contributed by atoms with van der Waals surface area (Å²) in [6, 6.07) is 15.4. The van der Waals surface area contributed by atoms with Gasteiger partial charge in [-0.1, -0.05) is 56.3 Å². The van der Waals surface area contributed by atoms with E-state index < -0.39 is 0 Å². The molecule has 0 amide bonds. The number of aryl methyl sites for hydroxylation is 1. The highest BCUT2D eigenvalue weighted by atomic mass is 19.1. The number of nitrogens with two attached hydrogens (primary N) is 1. The second-order valence-corrected chi connectivity index (χ2v) is 5.59. The lowest BCUT2D eigenvalue weighted by atomic mass is 9.77. The molecule has 0 aromatic heterocycles. The standard InChI is InChI=1S/C18H22FN/c1-3-14-8-10-15(11-9-14)12-18(2,13-20)16-6-4-5-7-17(16)19/h4-11H,3,12-13,20H2,1-2H3. The first kappa shape index (κ1) is 14.7. The average Bonchev–Trinajstić information content (AvgIpc) is 2.48. The summed E-state index contributed by atoms with van der Waals surface area (Å²) in [6.45, 7) is 4.58. The Kier molecular flexibility index (Phi) is 4.56. The van der Waals surface area contributed by atoms with E-state index in [1.165, 1.54) is 17.2 Å². The maximum atomic E-state index is 14.0. The predicted molar refractivity (Wildman–Crippen MR) is 82.3 cm³/mol. The van der Waals surface area contributed by atoms with Crippen LogP contribution in [0.2, 0.25) is 0 Å². The minimum absolute atomic E-state index is 0.175. The van der Waals surface area contributed by atoms with Gasteiger partial charge in [-0.05, 0) is 35.6 Å². The molecule has 0 aliphatic heterocycles. The van der Waals surface area contributed by atoms with Crippen molar-refractivity contribution in [3.05, 3.63) is 71.0 Å². The number of halogens is 1. The molecule has 0 saturated heterocycles. The van der Waals surface area contributed by atoms with Gasteiger partial charge in [0.25, 0.3) is 0 Å². The summed E-state index contributed by atoms with van der Waals surface area (Å²) in [5.41, 5.74) is 8.77. The van der Waals surface area contributed by atoms with Gasteiger partial charge in [0, 0.05) is 12.0 Å². The van der Waals surface area contributed by atoms with Crippen LogP contribution in [-0.2, 0) is 18.3 Å². The number of rotatable bonds is 5. The van der Waals surface area contributed by atoms with Crippen LogP contribution < -0.4 is 5.73 Å². The molecule has 2 N–H and O–H groups in total. The number of hydrogen-bond donors (Lipinski definition) is 1. The monoisotopic (exact) mass is 271 g/mol. The van der Waals surface area contributed by atoms with Crippen LogP contribution in [0.5, 0.6) is 0 Å². The Morgan fingerprint density at radius 2 is 1.60 bits per heavy atom. The van der Waals surface area contributed by atoms with E-state index in [4.69, 9.17) is 5.73 Å². The molecule has 0 bridgehead atoms. The average molecular weight is 271 g/mol. The van der Waals surface area contributed by atoms with E-state index in [1.54, 1.807) is 6.07 Å². The zero-order valence-electron chi connectivity index (χ0n) is 12.2. The first-order valence-corrected chi connectivity index (χ1v) is 7.12. The molecule has 2 aromatic carbocycles. The Morgan fingerprint density at radius 1 is 1.00 bits per heavy atom.